The SMILES string of the molecule is C#CCNS(=O)(=O)c1ccc(CNC2CC2)o1. The van der Waals surface area contributed by atoms with E-state index in [2.05, 4.69) is 16.0 Å². The first kappa shape index (κ1) is 12.2. The highest BCUT2D eigenvalue weighted by molar-refractivity contribution is 7.89. The maximum absolute atomic E-state index is 11.6. The fourth-order valence-electron chi connectivity index (χ4n) is 1.34. The molecule has 17 heavy (non-hydrogen) atoms. The Morgan fingerprint density at radius 1 is 1.47 bits per heavy atom. The van der Waals surface area contributed by atoms with Gasteiger partial charge < -0.3 is 9.73 Å². The van der Waals surface area contributed by atoms with Crippen molar-refractivity contribution in [3.63, 3.8) is 0 Å². The summed E-state index contributed by atoms with van der Waals surface area (Å²) in [6, 6.07) is 3.64. The highest BCUT2D eigenvalue weighted by Gasteiger charge is 2.22. The van der Waals surface area contributed by atoms with Crippen molar-refractivity contribution in [1.82, 2.24) is 10.0 Å². The largest absolute Gasteiger partial charge is 0.447 e. The van der Waals surface area contributed by atoms with Crippen LogP contribution in [-0.2, 0) is 16.6 Å². The van der Waals surface area contributed by atoms with Gasteiger partial charge in [0.15, 0.2) is 0 Å². The van der Waals surface area contributed by atoms with Gasteiger partial charge in [0.25, 0.3) is 10.0 Å². The molecule has 0 saturated heterocycles. The van der Waals surface area contributed by atoms with E-state index in [1.807, 2.05) is 0 Å². The molecule has 1 fully saturated rings. The molecule has 0 atom stereocenters. The van der Waals surface area contributed by atoms with Crippen LogP contribution in [0.3, 0.4) is 0 Å². The van der Waals surface area contributed by atoms with Crippen molar-refractivity contribution in [2.75, 3.05) is 6.54 Å². The highest BCUT2D eigenvalue weighted by Crippen LogP contribution is 2.20. The number of sulfonamides is 1. The Hall–Kier alpha value is -1.29. The lowest BCUT2D eigenvalue weighted by atomic mass is 10.4. The molecule has 2 rings (SSSR count). The number of furan rings is 1. The summed E-state index contributed by atoms with van der Waals surface area (Å²) >= 11 is 0. The van der Waals surface area contributed by atoms with Gasteiger partial charge in [-0.3, -0.25) is 0 Å². The Morgan fingerprint density at radius 3 is 2.88 bits per heavy atom. The summed E-state index contributed by atoms with van der Waals surface area (Å²) in [6.07, 6.45) is 7.34. The zero-order valence-electron chi connectivity index (χ0n) is 9.27. The Kier molecular flexibility index (Phi) is 3.52. The van der Waals surface area contributed by atoms with Crippen LogP contribution < -0.4 is 10.0 Å². The maximum Gasteiger partial charge on any atom is 0.274 e. The Balaban J connectivity index is 1.98. The number of terminal acetylenes is 1. The summed E-state index contributed by atoms with van der Waals surface area (Å²) in [4.78, 5) is 0. The van der Waals surface area contributed by atoms with Gasteiger partial charge in [-0.05, 0) is 25.0 Å². The number of hydrogen-bond donors (Lipinski definition) is 2. The predicted octanol–water partition coefficient (Wildman–Crippen LogP) is 0.443. The van der Waals surface area contributed by atoms with Crippen LogP contribution in [0.1, 0.15) is 18.6 Å². The Morgan fingerprint density at radius 2 is 2.24 bits per heavy atom. The first-order valence-corrected chi connectivity index (χ1v) is 6.85. The molecule has 0 bridgehead atoms. The van der Waals surface area contributed by atoms with E-state index in [-0.39, 0.29) is 11.6 Å². The smallest absolute Gasteiger partial charge is 0.274 e. The maximum atomic E-state index is 11.6. The van der Waals surface area contributed by atoms with Crippen LogP contribution in [0.4, 0.5) is 0 Å². The second-order valence-electron chi connectivity index (χ2n) is 3.90. The minimum atomic E-state index is -3.61. The quantitative estimate of drug-likeness (QED) is 0.723. The van der Waals surface area contributed by atoms with Gasteiger partial charge in [-0.1, -0.05) is 5.92 Å². The van der Waals surface area contributed by atoms with Gasteiger partial charge in [0, 0.05) is 6.04 Å². The second-order valence-corrected chi connectivity index (χ2v) is 5.60. The van der Waals surface area contributed by atoms with Gasteiger partial charge in [0.2, 0.25) is 5.09 Å². The van der Waals surface area contributed by atoms with Crippen LogP contribution in [0.2, 0.25) is 0 Å². The molecule has 6 heteroatoms. The molecule has 1 heterocycles. The molecular weight excluding hydrogens is 240 g/mol. The molecule has 0 radical (unpaired) electrons. The van der Waals surface area contributed by atoms with E-state index >= 15 is 0 Å². The lowest BCUT2D eigenvalue weighted by Gasteiger charge is -2.00. The molecular formula is C11H14N2O3S. The van der Waals surface area contributed by atoms with Crippen LogP contribution in [0, 0.1) is 12.3 Å². The first-order valence-electron chi connectivity index (χ1n) is 5.37. The Bertz CT molecular complexity index is 523. The number of nitrogens with one attached hydrogen (secondary N) is 2. The lowest BCUT2D eigenvalue weighted by molar-refractivity contribution is 0.400. The van der Waals surface area contributed by atoms with Crippen molar-refractivity contribution in [2.24, 2.45) is 0 Å². The van der Waals surface area contributed by atoms with E-state index in [1.54, 1.807) is 6.07 Å². The van der Waals surface area contributed by atoms with Crippen LogP contribution in [0.15, 0.2) is 21.6 Å². The van der Waals surface area contributed by atoms with E-state index in [0.29, 0.717) is 18.3 Å². The third-order valence-electron chi connectivity index (χ3n) is 2.41. The highest BCUT2D eigenvalue weighted by atomic mass is 32.2. The van der Waals surface area contributed by atoms with E-state index in [1.165, 1.54) is 18.9 Å². The monoisotopic (exact) mass is 254 g/mol. The molecule has 5 nitrogen and oxygen atoms in total. The molecule has 1 saturated carbocycles. The van der Waals surface area contributed by atoms with Crippen LogP contribution in [0.5, 0.6) is 0 Å². The topological polar surface area (TPSA) is 71.3 Å². The van der Waals surface area contributed by atoms with Gasteiger partial charge in [-0.15, -0.1) is 6.42 Å². The Labute approximate surface area is 101 Å². The van der Waals surface area contributed by atoms with E-state index in [4.69, 9.17) is 10.8 Å². The molecule has 92 valence electrons. The molecule has 1 aliphatic carbocycles. The van der Waals surface area contributed by atoms with Crippen molar-refractivity contribution in [1.29, 1.82) is 0 Å². The van der Waals surface area contributed by atoms with Crippen LogP contribution >= 0.6 is 0 Å². The predicted molar refractivity (Wildman–Crippen MR) is 62.6 cm³/mol. The summed E-state index contributed by atoms with van der Waals surface area (Å²) in [5, 5.41) is 3.14. The molecule has 1 aromatic heterocycles. The van der Waals surface area contributed by atoms with Gasteiger partial charge in [-0.2, -0.15) is 4.72 Å². The summed E-state index contributed by atoms with van der Waals surface area (Å²) in [5.41, 5.74) is 0. The first-order chi connectivity index (χ1) is 8.12. The molecule has 1 aliphatic rings. The summed E-state index contributed by atoms with van der Waals surface area (Å²) < 4.78 is 30.7. The molecule has 1 aromatic rings. The van der Waals surface area contributed by atoms with E-state index in [9.17, 15) is 8.42 Å². The third-order valence-corrected chi connectivity index (χ3v) is 3.68. The molecule has 0 aromatic carbocycles. The van der Waals surface area contributed by atoms with Crippen molar-refractivity contribution in [3.05, 3.63) is 17.9 Å². The van der Waals surface area contributed by atoms with Crippen LogP contribution in [-0.4, -0.2) is 21.0 Å². The summed E-state index contributed by atoms with van der Waals surface area (Å²) in [6.45, 7) is 0.508. The number of hydrogen-bond acceptors (Lipinski definition) is 4. The van der Waals surface area contributed by atoms with Crippen LogP contribution in [0.25, 0.3) is 0 Å². The van der Waals surface area contributed by atoms with E-state index in [0.717, 1.165) is 0 Å². The molecule has 0 unspecified atom stereocenters. The minimum Gasteiger partial charge on any atom is -0.447 e. The van der Waals surface area contributed by atoms with Gasteiger partial charge in [-0.25, -0.2) is 8.42 Å². The lowest BCUT2D eigenvalue weighted by Crippen LogP contribution is -2.23. The molecule has 2 N–H and O–H groups in total. The van der Waals surface area contributed by atoms with Crippen molar-refractivity contribution < 1.29 is 12.8 Å². The van der Waals surface area contributed by atoms with Gasteiger partial charge in [0.1, 0.15) is 5.76 Å². The normalized spacial score (nSPS) is 15.7. The molecule has 0 spiro atoms. The van der Waals surface area contributed by atoms with Crippen molar-refractivity contribution in [3.8, 4) is 12.3 Å². The minimum absolute atomic E-state index is 0.0430. The summed E-state index contributed by atoms with van der Waals surface area (Å²) in [7, 11) is -3.61. The molecule has 0 amide bonds. The fourth-order valence-corrected chi connectivity index (χ4v) is 2.22. The van der Waals surface area contributed by atoms with E-state index < -0.39 is 10.0 Å². The summed E-state index contributed by atoms with van der Waals surface area (Å²) in [5.74, 6) is 2.81. The third kappa shape index (κ3) is 3.33. The van der Waals surface area contributed by atoms with Gasteiger partial charge in [0.05, 0.1) is 13.1 Å². The fraction of sp³-hybridized carbons (Fsp3) is 0.455. The average Bonchev–Trinajstić information content (AvgIpc) is 3.00. The van der Waals surface area contributed by atoms with Crippen molar-refractivity contribution >= 4 is 10.0 Å². The zero-order chi connectivity index (χ0) is 12.3. The zero-order valence-corrected chi connectivity index (χ0v) is 10.1. The average molecular weight is 254 g/mol. The number of rotatable bonds is 6. The van der Waals surface area contributed by atoms with Gasteiger partial charge >= 0.3 is 0 Å². The standard InChI is InChI=1S/C11H14N2O3S/c1-2-7-13-17(14,15)11-6-5-10(16-11)8-12-9-3-4-9/h1,5-6,9,12-13H,3-4,7-8H2. The second kappa shape index (κ2) is 4.92. The molecule has 0 aliphatic heterocycles. The van der Waals surface area contributed by atoms with Crippen molar-refractivity contribution in [2.45, 2.75) is 30.5 Å².